The molecule has 0 aromatic rings. The van der Waals surface area contributed by atoms with Crippen molar-refractivity contribution in [1.29, 1.82) is 0 Å². The second-order valence-corrected chi connectivity index (χ2v) is 9.59. The molecule has 4 unspecified atom stereocenters. The van der Waals surface area contributed by atoms with Crippen molar-refractivity contribution in [2.45, 2.75) is 97.3 Å². The Morgan fingerprint density at radius 1 is 0.636 bits per heavy atom. The summed E-state index contributed by atoms with van der Waals surface area (Å²) < 4.78 is 0. The van der Waals surface area contributed by atoms with Crippen LogP contribution in [0.25, 0.3) is 0 Å². The van der Waals surface area contributed by atoms with Crippen molar-refractivity contribution in [2.75, 3.05) is 0 Å². The Kier molecular flexibility index (Phi) is 4.33. The van der Waals surface area contributed by atoms with Crippen LogP contribution in [0.5, 0.6) is 0 Å². The lowest BCUT2D eigenvalue weighted by Gasteiger charge is -2.47. The van der Waals surface area contributed by atoms with Gasteiger partial charge in [-0.15, -0.1) is 0 Å². The predicted octanol–water partition coefficient (Wildman–Crippen LogP) is 6.84. The fourth-order valence-electron chi connectivity index (χ4n) is 8.01. The SMILES string of the molecule is CC[C@](C)(C1CCCC1)C1C2CCCCC2C2CCCCC21. The fourth-order valence-corrected chi connectivity index (χ4v) is 8.01. The number of hydrogen-bond acceptors (Lipinski definition) is 0. The molecule has 0 N–H and O–H groups in total. The molecule has 0 spiro atoms. The first-order valence-corrected chi connectivity index (χ1v) is 10.8. The number of fused-ring (bicyclic) bond motifs is 3. The van der Waals surface area contributed by atoms with Crippen LogP contribution in [0.15, 0.2) is 0 Å². The molecule has 4 aliphatic carbocycles. The van der Waals surface area contributed by atoms with E-state index in [1.54, 1.807) is 64.2 Å². The molecule has 0 aromatic heterocycles. The zero-order chi connectivity index (χ0) is 15.2. The standard InChI is InChI=1S/C22H38/c1-3-22(2,16-10-4-5-11-16)21-19-14-8-6-12-17(19)18-13-7-9-15-20(18)21/h16-21H,3-15H2,1-2H3/t17?,18?,19?,20?,21?,22-/m1/s1. The second kappa shape index (κ2) is 6.14. The van der Waals surface area contributed by atoms with E-state index in [-0.39, 0.29) is 0 Å². The highest BCUT2D eigenvalue weighted by Gasteiger charge is 2.57. The zero-order valence-corrected chi connectivity index (χ0v) is 15.2. The summed E-state index contributed by atoms with van der Waals surface area (Å²) in [6.45, 7) is 5.28. The molecular formula is C22H38. The summed E-state index contributed by atoms with van der Waals surface area (Å²) >= 11 is 0. The molecule has 22 heavy (non-hydrogen) atoms. The highest BCUT2D eigenvalue weighted by molar-refractivity contribution is 5.06. The Labute approximate surface area is 138 Å². The first-order valence-electron chi connectivity index (χ1n) is 10.8. The summed E-state index contributed by atoms with van der Waals surface area (Å²) in [7, 11) is 0. The van der Waals surface area contributed by atoms with Gasteiger partial charge < -0.3 is 0 Å². The van der Waals surface area contributed by atoms with Crippen LogP contribution in [-0.2, 0) is 0 Å². The summed E-state index contributed by atoms with van der Waals surface area (Å²) in [6.07, 6.45) is 20.1. The third-order valence-electron chi connectivity index (χ3n) is 9.03. The summed E-state index contributed by atoms with van der Waals surface area (Å²) in [5.74, 6) is 6.66. The lowest BCUT2D eigenvalue weighted by Crippen LogP contribution is -2.40. The van der Waals surface area contributed by atoms with E-state index >= 15 is 0 Å². The van der Waals surface area contributed by atoms with Gasteiger partial charge in [-0.05, 0) is 79.4 Å². The van der Waals surface area contributed by atoms with Gasteiger partial charge >= 0.3 is 0 Å². The highest BCUT2D eigenvalue weighted by Crippen LogP contribution is 2.65. The molecular weight excluding hydrogens is 264 g/mol. The minimum absolute atomic E-state index is 0.674. The highest BCUT2D eigenvalue weighted by atomic mass is 14.6. The van der Waals surface area contributed by atoms with Crippen LogP contribution >= 0.6 is 0 Å². The van der Waals surface area contributed by atoms with Crippen LogP contribution in [0.1, 0.15) is 97.3 Å². The zero-order valence-electron chi connectivity index (χ0n) is 15.2. The Morgan fingerprint density at radius 2 is 1.05 bits per heavy atom. The topological polar surface area (TPSA) is 0 Å². The van der Waals surface area contributed by atoms with Crippen LogP contribution < -0.4 is 0 Å². The van der Waals surface area contributed by atoms with E-state index in [2.05, 4.69) is 13.8 Å². The van der Waals surface area contributed by atoms with Crippen molar-refractivity contribution in [1.82, 2.24) is 0 Å². The molecule has 4 saturated carbocycles. The third kappa shape index (κ3) is 2.30. The van der Waals surface area contributed by atoms with Crippen molar-refractivity contribution in [3.63, 3.8) is 0 Å². The molecule has 4 fully saturated rings. The van der Waals surface area contributed by atoms with E-state index in [0.717, 1.165) is 35.5 Å². The lowest BCUT2D eigenvalue weighted by molar-refractivity contribution is 0.0113. The maximum Gasteiger partial charge on any atom is -0.0266 e. The first kappa shape index (κ1) is 15.5. The van der Waals surface area contributed by atoms with Gasteiger partial charge in [0.1, 0.15) is 0 Å². The average Bonchev–Trinajstić information content (AvgIpc) is 3.21. The molecule has 0 aliphatic heterocycles. The minimum atomic E-state index is 0.674. The molecule has 0 amide bonds. The molecule has 0 saturated heterocycles. The fraction of sp³-hybridized carbons (Fsp3) is 1.00. The molecule has 0 radical (unpaired) electrons. The average molecular weight is 303 g/mol. The summed E-state index contributed by atoms with van der Waals surface area (Å²) in [6, 6.07) is 0. The van der Waals surface area contributed by atoms with Crippen LogP contribution in [0.2, 0.25) is 0 Å². The summed E-state index contributed by atoms with van der Waals surface area (Å²) in [5.41, 5.74) is 0.674. The van der Waals surface area contributed by atoms with Gasteiger partial charge in [0.25, 0.3) is 0 Å². The molecule has 0 heteroatoms. The lowest BCUT2D eigenvalue weighted by atomic mass is 9.57. The van der Waals surface area contributed by atoms with Gasteiger partial charge in [-0.25, -0.2) is 0 Å². The third-order valence-corrected chi connectivity index (χ3v) is 9.03. The molecule has 4 rings (SSSR count). The molecule has 4 aliphatic rings. The van der Waals surface area contributed by atoms with E-state index in [1.165, 1.54) is 19.3 Å². The normalized spacial score (nSPS) is 45.3. The maximum atomic E-state index is 2.75. The molecule has 0 aromatic carbocycles. The van der Waals surface area contributed by atoms with Gasteiger partial charge in [-0.1, -0.05) is 58.8 Å². The molecule has 0 nitrogen and oxygen atoms in total. The maximum absolute atomic E-state index is 2.75. The quantitative estimate of drug-likeness (QED) is 0.535. The van der Waals surface area contributed by atoms with Crippen molar-refractivity contribution < 1.29 is 0 Å². The molecule has 0 bridgehead atoms. The Hall–Kier alpha value is 0. The van der Waals surface area contributed by atoms with Gasteiger partial charge in [0.2, 0.25) is 0 Å². The van der Waals surface area contributed by atoms with Crippen LogP contribution in [-0.4, -0.2) is 0 Å². The van der Waals surface area contributed by atoms with Crippen LogP contribution in [0, 0.1) is 40.9 Å². The van der Waals surface area contributed by atoms with Crippen LogP contribution in [0.4, 0.5) is 0 Å². The van der Waals surface area contributed by atoms with Gasteiger partial charge in [0.15, 0.2) is 0 Å². The van der Waals surface area contributed by atoms with E-state index in [1.807, 2.05) is 0 Å². The summed E-state index contributed by atoms with van der Waals surface area (Å²) in [5, 5.41) is 0. The van der Waals surface area contributed by atoms with Crippen LogP contribution in [0.3, 0.4) is 0 Å². The van der Waals surface area contributed by atoms with Gasteiger partial charge in [-0.2, -0.15) is 0 Å². The van der Waals surface area contributed by atoms with E-state index in [9.17, 15) is 0 Å². The largest absolute Gasteiger partial charge is 0.0648 e. The van der Waals surface area contributed by atoms with Gasteiger partial charge in [0.05, 0.1) is 0 Å². The Bertz CT molecular complexity index is 357. The molecule has 126 valence electrons. The molecule has 0 heterocycles. The number of rotatable bonds is 3. The van der Waals surface area contributed by atoms with E-state index in [0.29, 0.717) is 5.41 Å². The number of hydrogen-bond donors (Lipinski definition) is 0. The molecule has 5 atom stereocenters. The monoisotopic (exact) mass is 302 g/mol. The van der Waals surface area contributed by atoms with Crippen molar-refractivity contribution in [3.05, 3.63) is 0 Å². The van der Waals surface area contributed by atoms with Gasteiger partial charge in [0, 0.05) is 0 Å². The Morgan fingerprint density at radius 3 is 1.50 bits per heavy atom. The smallest absolute Gasteiger partial charge is 0.0266 e. The van der Waals surface area contributed by atoms with E-state index < -0.39 is 0 Å². The van der Waals surface area contributed by atoms with Crippen molar-refractivity contribution in [3.8, 4) is 0 Å². The van der Waals surface area contributed by atoms with Crippen molar-refractivity contribution in [2.24, 2.45) is 40.9 Å². The second-order valence-electron chi connectivity index (χ2n) is 9.59. The summed E-state index contributed by atoms with van der Waals surface area (Å²) in [4.78, 5) is 0. The van der Waals surface area contributed by atoms with Crippen molar-refractivity contribution >= 4 is 0 Å². The van der Waals surface area contributed by atoms with E-state index in [4.69, 9.17) is 0 Å². The first-order chi connectivity index (χ1) is 10.8. The van der Waals surface area contributed by atoms with Gasteiger partial charge in [-0.3, -0.25) is 0 Å². The predicted molar refractivity (Wildman–Crippen MR) is 94.7 cm³/mol. The Balaban J connectivity index is 1.67. The minimum Gasteiger partial charge on any atom is -0.0648 e.